The molecule has 29 heavy (non-hydrogen) atoms. The summed E-state index contributed by atoms with van der Waals surface area (Å²) in [6, 6.07) is 21.6. The lowest BCUT2D eigenvalue weighted by atomic mass is 9.84. The molecule has 0 atom stereocenters. The molecule has 0 saturated carbocycles. The molecule has 142 valence electrons. The van der Waals surface area contributed by atoms with Crippen LogP contribution in [0.1, 0.15) is 11.1 Å². The number of nitrogens with zero attached hydrogens (tertiary/aromatic N) is 1. The van der Waals surface area contributed by atoms with Crippen molar-refractivity contribution < 1.29 is 9.50 Å². The zero-order valence-corrected chi connectivity index (χ0v) is 15.7. The molecular formula is C25H19FN2O. The SMILES string of the molecule is Nc1ccc2c(c1)CCc1c(-c3cccc(F)c3)cc(-c3cccc(O)c3)nc1-2. The van der Waals surface area contributed by atoms with E-state index >= 15 is 0 Å². The van der Waals surface area contributed by atoms with Crippen molar-refractivity contribution in [3.63, 3.8) is 0 Å². The van der Waals surface area contributed by atoms with Crippen LogP contribution in [0, 0.1) is 5.82 Å². The highest BCUT2D eigenvalue weighted by Gasteiger charge is 2.23. The Hall–Kier alpha value is -3.66. The second-order valence-electron chi connectivity index (χ2n) is 7.36. The Kier molecular flexibility index (Phi) is 4.06. The number of hydrogen-bond donors (Lipinski definition) is 2. The number of anilines is 1. The van der Waals surface area contributed by atoms with Crippen molar-refractivity contribution >= 4 is 5.69 Å². The number of aryl methyl sites for hydroxylation is 1. The normalized spacial score (nSPS) is 12.3. The van der Waals surface area contributed by atoms with Gasteiger partial charge < -0.3 is 10.8 Å². The molecule has 0 unspecified atom stereocenters. The third kappa shape index (κ3) is 3.13. The highest BCUT2D eigenvalue weighted by atomic mass is 19.1. The van der Waals surface area contributed by atoms with Gasteiger partial charge in [-0.15, -0.1) is 0 Å². The quantitative estimate of drug-likeness (QED) is 0.443. The van der Waals surface area contributed by atoms with Crippen LogP contribution in [0.25, 0.3) is 33.6 Å². The number of aromatic nitrogens is 1. The van der Waals surface area contributed by atoms with Gasteiger partial charge in [0, 0.05) is 16.8 Å². The summed E-state index contributed by atoms with van der Waals surface area (Å²) in [6.45, 7) is 0. The molecular weight excluding hydrogens is 363 g/mol. The van der Waals surface area contributed by atoms with E-state index in [2.05, 4.69) is 0 Å². The number of nitrogen functional groups attached to an aromatic ring is 1. The molecule has 4 aromatic rings. The first-order valence-electron chi connectivity index (χ1n) is 9.56. The molecule has 0 amide bonds. The summed E-state index contributed by atoms with van der Waals surface area (Å²) in [6.07, 6.45) is 1.67. The van der Waals surface area contributed by atoms with Crippen LogP contribution in [0.3, 0.4) is 0 Å². The van der Waals surface area contributed by atoms with Crippen molar-refractivity contribution in [1.29, 1.82) is 0 Å². The average Bonchev–Trinajstić information content (AvgIpc) is 2.72. The Labute approximate surface area is 168 Å². The minimum atomic E-state index is -0.268. The van der Waals surface area contributed by atoms with Crippen molar-refractivity contribution in [3.05, 3.63) is 89.7 Å². The predicted octanol–water partition coefficient (Wildman–Crippen LogP) is 5.61. The van der Waals surface area contributed by atoms with Gasteiger partial charge in [-0.05, 0) is 77.6 Å². The lowest BCUT2D eigenvalue weighted by molar-refractivity contribution is 0.475. The predicted molar refractivity (Wildman–Crippen MR) is 114 cm³/mol. The first-order chi connectivity index (χ1) is 14.1. The highest BCUT2D eigenvalue weighted by molar-refractivity contribution is 5.83. The van der Waals surface area contributed by atoms with Crippen molar-refractivity contribution in [2.45, 2.75) is 12.8 Å². The van der Waals surface area contributed by atoms with Crippen LogP contribution in [-0.2, 0) is 12.8 Å². The number of rotatable bonds is 2. The van der Waals surface area contributed by atoms with Gasteiger partial charge in [-0.1, -0.05) is 30.3 Å². The van der Waals surface area contributed by atoms with E-state index in [0.29, 0.717) is 0 Å². The van der Waals surface area contributed by atoms with Gasteiger partial charge in [0.15, 0.2) is 0 Å². The third-order valence-electron chi connectivity index (χ3n) is 5.43. The molecule has 0 fully saturated rings. The number of nitrogens with two attached hydrogens (primary N) is 1. The summed E-state index contributed by atoms with van der Waals surface area (Å²) in [5.41, 5.74) is 14.3. The Bertz CT molecular complexity index is 1250. The van der Waals surface area contributed by atoms with Gasteiger partial charge >= 0.3 is 0 Å². The van der Waals surface area contributed by atoms with E-state index in [4.69, 9.17) is 10.7 Å². The summed E-state index contributed by atoms with van der Waals surface area (Å²) in [5, 5.41) is 9.93. The van der Waals surface area contributed by atoms with Crippen LogP contribution < -0.4 is 5.73 Å². The molecule has 4 heteroatoms. The zero-order chi connectivity index (χ0) is 20.0. The van der Waals surface area contributed by atoms with E-state index in [0.717, 1.165) is 57.7 Å². The van der Waals surface area contributed by atoms with E-state index in [9.17, 15) is 9.50 Å². The monoisotopic (exact) mass is 382 g/mol. The zero-order valence-electron chi connectivity index (χ0n) is 15.7. The fraction of sp³-hybridized carbons (Fsp3) is 0.0800. The number of halogens is 1. The van der Waals surface area contributed by atoms with E-state index in [1.165, 1.54) is 11.6 Å². The molecule has 1 heterocycles. The second kappa shape index (κ2) is 6.74. The topological polar surface area (TPSA) is 59.1 Å². The fourth-order valence-electron chi connectivity index (χ4n) is 4.09. The summed E-state index contributed by atoms with van der Waals surface area (Å²) in [7, 11) is 0. The maximum absolute atomic E-state index is 14.0. The van der Waals surface area contributed by atoms with Crippen LogP contribution in [0.4, 0.5) is 10.1 Å². The second-order valence-corrected chi connectivity index (χ2v) is 7.36. The molecule has 1 aliphatic rings. The van der Waals surface area contributed by atoms with Gasteiger partial charge in [-0.3, -0.25) is 0 Å². The highest BCUT2D eigenvalue weighted by Crippen LogP contribution is 2.40. The van der Waals surface area contributed by atoms with Crippen LogP contribution in [0.5, 0.6) is 5.75 Å². The molecule has 3 aromatic carbocycles. The molecule has 1 aliphatic carbocycles. The van der Waals surface area contributed by atoms with Crippen LogP contribution in [-0.4, -0.2) is 10.1 Å². The lowest BCUT2D eigenvalue weighted by Crippen LogP contribution is -2.09. The van der Waals surface area contributed by atoms with Gasteiger partial charge in [0.2, 0.25) is 0 Å². The molecule has 0 spiro atoms. The summed E-state index contributed by atoms with van der Waals surface area (Å²) < 4.78 is 14.0. The Morgan fingerprint density at radius 1 is 0.828 bits per heavy atom. The third-order valence-corrected chi connectivity index (χ3v) is 5.43. The molecule has 5 rings (SSSR count). The van der Waals surface area contributed by atoms with Gasteiger partial charge in [-0.25, -0.2) is 9.37 Å². The van der Waals surface area contributed by atoms with Gasteiger partial charge in [-0.2, -0.15) is 0 Å². The van der Waals surface area contributed by atoms with E-state index in [-0.39, 0.29) is 11.6 Å². The van der Waals surface area contributed by atoms with E-state index < -0.39 is 0 Å². The molecule has 3 N–H and O–H groups in total. The summed E-state index contributed by atoms with van der Waals surface area (Å²) in [5.74, 6) is -0.0848. The maximum Gasteiger partial charge on any atom is 0.123 e. The first kappa shape index (κ1) is 17.4. The number of phenols is 1. The van der Waals surface area contributed by atoms with Crippen molar-refractivity contribution in [3.8, 4) is 39.4 Å². The van der Waals surface area contributed by atoms with E-state index in [1.807, 2.05) is 36.4 Å². The Morgan fingerprint density at radius 2 is 1.66 bits per heavy atom. The van der Waals surface area contributed by atoms with Crippen LogP contribution >= 0.6 is 0 Å². The Morgan fingerprint density at radius 3 is 2.48 bits per heavy atom. The van der Waals surface area contributed by atoms with Crippen LogP contribution in [0.2, 0.25) is 0 Å². The number of aromatic hydroxyl groups is 1. The fourth-order valence-corrected chi connectivity index (χ4v) is 4.09. The minimum absolute atomic E-state index is 0.183. The minimum Gasteiger partial charge on any atom is -0.508 e. The summed E-state index contributed by atoms with van der Waals surface area (Å²) in [4.78, 5) is 4.96. The number of phenolic OH excluding ortho intramolecular Hbond substituents is 1. The first-order valence-corrected chi connectivity index (χ1v) is 9.56. The standard InChI is InChI=1S/C25H19FN2O/c26-18-5-1-3-15(11-18)23-14-24(17-4-2-6-20(29)13-17)28-25-21-10-8-19(27)12-16(21)7-9-22(23)25/h1-6,8,10-14,29H,7,9,27H2. The number of hydrogen-bond acceptors (Lipinski definition) is 3. The van der Waals surface area contributed by atoms with Gasteiger partial charge in [0.05, 0.1) is 11.4 Å². The van der Waals surface area contributed by atoms with Gasteiger partial charge in [0.1, 0.15) is 11.6 Å². The van der Waals surface area contributed by atoms with Crippen molar-refractivity contribution in [1.82, 2.24) is 4.98 Å². The van der Waals surface area contributed by atoms with Gasteiger partial charge in [0.25, 0.3) is 0 Å². The molecule has 1 aromatic heterocycles. The van der Waals surface area contributed by atoms with Crippen LogP contribution in [0.15, 0.2) is 72.8 Å². The molecule has 0 saturated heterocycles. The van der Waals surface area contributed by atoms with E-state index in [1.54, 1.807) is 30.3 Å². The van der Waals surface area contributed by atoms with Crippen molar-refractivity contribution in [2.75, 3.05) is 5.73 Å². The maximum atomic E-state index is 14.0. The lowest BCUT2D eigenvalue weighted by Gasteiger charge is -2.23. The molecule has 0 radical (unpaired) electrons. The average molecular weight is 382 g/mol. The number of benzene rings is 3. The number of pyridine rings is 1. The molecule has 0 aliphatic heterocycles. The largest absolute Gasteiger partial charge is 0.508 e. The Balaban J connectivity index is 1.80. The molecule has 3 nitrogen and oxygen atoms in total. The summed E-state index contributed by atoms with van der Waals surface area (Å²) >= 11 is 0. The molecule has 0 bridgehead atoms. The smallest absolute Gasteiger partial charge is 0.123 e. The van der Waals surface area contributed by atoms with Crippen molar-refractivity contribution in [2.24, 2.45) is 0 Å². The number of fused-ring (bicyclic) bond motifs is 3.